The molecule has 0 amide bonds. The number of rotatable bonds is 8. The molecule has 17 heavy (non-hydrogen) atoms. The molecule has 6 heteroatoms. The van der Waals surface area contributed by atoms with Gasteiger partial charge in [0.25, 0.3) is 0 Å². The molecule has 0 spiro atoms. The molecular formula is C11H19O5P. The van der Waals surface area contributed by atoms with Crippen molar-refractivity contribution in [3.8, 4) is 0 Å². The van der Waals surface area contributed by atoms with Crippen molar-refractivity contribution in [1.82, 2.24) is 0 Å². The standard InChI is InChI=1S/C11H19O5P/c1-4-15-17(14,16-5-2)8-6-7-10(3)9-11(12)13/h6-7,9H,4-5,8H2,1-3H3,(H,12,13). The Morgan fingerprint density at radius 1 is 1.29 bits per heavy atom. The number of carboxylic acid groups (broad SMARTS) is 1. The van der Waals surface area contributed by atoms with E-state index in [-0.39, 0.29) is 6.16 Å². The van der Waals surface area contributed by atoms with Crippen molar-refractivity contribution >= 4 is 13.6 Å². The molecule has 0 heterocycles. The molecule has 5 nitrogen and oxygen atoms in total. The summed E-state index contributed by atoms with van der Waals surface area (Å²) in [6.07, 6.45) is 4.39. The smallest absolute Gasteiger partial charge is 0.334 e. The number of hydrogen-bond acceptors (Lipinski definition) is 4. The van der Waals surface area contributed by atoms with E-state index in [1.807, 2.05) is 0 Å². The van der Waals surface area contributed by atoms with Gasteiger partial charge in [-0.05, 0) is 26.3 Å². The SMILES string of the molecule is CCOP(=O)(CC=CC(C)=CC(=O)O)OCC. The van der Waals surface area contributed by atoms with Crippen molar-refractivity contribution in [1.29, 1.82) is 0 Å². The zero-order chi connectivity index (χ0) is 13.3. The first-order chi connectivity index (χ1) is 7.93. The van der Waals surface area contributed by atoms with Crippen LogP contribution >= 0.6 is 7.60 Å². The van der Waals surface area contributed by atoms with Crippen LogP contribution in [-0.2, 0) is 18.4 Å². The molecule has 0 unspecified atom stereocenters. The van der Waals surface area contributed by atoms with Crippen molar-refractivity contribution in [2.75, 3.05) is 19.4 Å². The Balaban J connectivity index is 4.45. The quantitative estimate of drug-likeness (QED) is 0.413. The first-order valence-corrected chi connectivity index (χ1v) is 7.12. The van der Waals surface area contributed by atoms with Gasteiger partial charge in [-0.2, -0.15) is 0 Å². The van der Waals surface area contributed by atoms with E-state index < -0.39 is 13.6 Å². The van der Waals surface area contributed by atoms with Gasteiger partial charge in [-0.15, -0.1) is 0 Å². The summed E-state index contributed by atoms with van der Waals surface area (Å²) >= 11 is 0. The highest BCUT2D eigenvalue weighted by Crippen LogP contribution is 2.47. The second kappa shape index (κ2) is 8.23. The van der Waals surface area contributed by atoms with E-state index in [0.717, 1.165) is 6.08 Å². The zero-order valence-corrected chi connectivity index (χ0v) is 11.3. The Morgan fingerprint density at radius 2 is 1.82 bits per heavy atom. The minimum Gasteiger partial charge on any atom is -0.478 e. The Labute approximate surface area is 102 Å². The maximum Gasteiger partial charge on any atom is 0.334 e. The third-order valence-electron chi connectivity index (χ3n) is 1.71. The van der Waals surface area contributed by atoms with Gasteiger partial charge in [-0.25, -0.2) is 4.79 Å². The lowest BCUT2D eigenvalue weighted by Crippen LogP contribution is -1.98. The predicted molar refractivity (Wildman–Crippen MR) is 66.3 cm³/mol. The molecule has 0 saturated heterocycles. The van der Waals surface area contributed by atoms with E-state index in [1.54, 1.807) is 32.9 Å². The summed E-state index contributed by atoms with van der Waals surface area (Å²) in [6, 6.07) is 0. The van der Waals surface area contributed by atoms with Gasteiger partial charge in [0.1, 0.15) is 0 Å². The van der Waals surface area contributed by atoms with Crippen LogP contribution in [0.4, 0.5) is 0 Å². The molecule has 0 radical (unpaired) electrons. The molecule has 98 valence electrons. The molecule has 0 atom stereocenters. The average molecular weight is 262 g/mol. The molecule has 0 aromatic rings. The molecule has 0 aromatic heterocycles. The second-order valence-electron chi connectivity index (χ2n) is 3.26. The highest BCUT2D eigenvalue weighted by Gasteiger charge is 2.20. The molecule has 0 aliphatic heterocycles. The fourth-order valence-corrected chi connectivity index (χ4v) is 2.58. The third kappa shape index (κ3) is 7.91. The van der Waals surface area contributed by atoms with Gasteiger partial charge in [0.15, 0.2) is 0 Å². The van der Waals surface area contributed by atoms with Crippen LogP contribution in [0.5, 0.6) is 0 Å². The van der Waals surface area contributed by atoms with Gasteiger partial charge in [0.05, 0.1) is 19.4 Å². The van der Waals surface area contributed by atoms with Gasteiger partial charge in [-0.3, -0.25) is 4.57 Å². The van der Waals surface area contributed by atoms with Gasteiger partial charge in [-0.1, -0.05) is 12.2 Å². The number of carboxylic acids is 1. The maximum atomic E-state index is 12.0. The van der Waals surface area contributed by atoms with E-state index >= 15 is 0 Å². The Kier molecular flexibility index (Phi) is 7.79. The molecule has 0 fully saturated rings. The summed E-state index contributed by atoms with van der Waals surface area (Å²) in [5.74, 6) is -1.01. The van der Waals surface area contributed by atoms with Crippen molar-refractivity contribution in [3.05, 3.63) is 23.8 Å². The third-order valence-corrected chi connectivity index (χ3v) is 3.67. The summed E-state index contributed by atoms with van der Waals surface area (Å²) in [7, 11) is -3.07. The van der Waals surface area contributed by atoms with Crippen LogP contribution in [0.15, 0.2) is 23.8 Å². The van der Waals surface area contributed by atoms with Crippen LogP contribution in [0.25, 0.3) is 0 Å². The Hall–Kier alpha value is -0.900. The summed E-state index contributed by atoms with van der Waals surface area (Å²) in [5.41, 5.74) is 0.567. The summed E-state index contributed by atoms with van der Waals surface area (Å²) in [6.45, 7) is 5.76. The van der Waals surface area contributed by atoms with Crippen molar-refractivity contribution in [2.45, 2.75) is 20.8 Å². The fourth-order valence-electron chi connectivity index (χ4n) is 1.15. The van der Waals surface area contributed by atoms with Crippen molar-refractivity contribution in [2.24, 2.45) is 0 Å². The molecule has 0 aliphatic rings. The number of allylic oxidation sites excluding steroid dienone is 3. The Morgan fingerprint density at radius 3 is 2.24 bits per heavy atom. The maximum absolute atomic E-state index is 12.0. The highest BCUT2D eigenvalue weighted by molar-refractivity contribution is 7.54. The van der Waals surface area contributed by atoms with Gasteiger partial charge in [0, 0.05) is 6.08 Å². The first kappa shape index (κ1) is 16.1. The number of hydrogen-bond donors (Lipinski definition) is 1. The second-order valence-corrected chi connectivity index (χ2v) is 5.36. The molecule has 0 saturated carbocycles. The van der Waals surface area contributed by atoms with Crippen LogP contribution < -0.4 is 0 Å². The van der Waals surface area contributed by atoms with Crippen LogP contribution in [0.1, 0.15) is 20.8 Å². The largest absolute Gasteiger partial charge is 0.478 e. The van der Waals surface area contributed by atoms with E-state index in [0.29, 0.717) is 18.8 Å². The molecule has 0 aliphatic carbocycles. The molecule has 0 aromatic carbocycles. The van der Waals surface area contributed by atoms with E-state index in [4.69, 9.17) is 14.2 Å². The van der Waals surface area contributed by atoms with Crippen molar-refractivity contribution in [3.63, 3.8) is 0 Å². The highest BCUT2D eigenvalue weighted by atomic mass is 31.2. The van der Waals surface area contributed by atoms with Gasteiger partial charge >= 0.3 is 13.6 Å². The van der Waals surface area contributed by atoms with Crippen LogP contribution in [-0.4, -0.2) is 30.5 Å². The lowest BCUT2D eigenvalue weighted by molar-refractivity contribution is -0.131. The zero-order valence-electron chi connectivity index (χ0n) is 10.4. The minimum atomic E-state index is -3.07. The van der Waals surface area contributed by atoms with Crippen LogP contribution in [0, 0.1) is 0 Å². The van der Waals surface area contributed by atoms with E-state index in [2.05, 4.69) is 0 Å². The number of carbonyl (C=O) groups is 1. The Bertz CT molecular complexity index is 336. The monoisotopic (exact) mass is 262 g/mol. The summed E-state index contributed by atoms with van der Waals surface area (Å²) < 4.78 is 22.1. The summed E-state index contributed by atoms with van der Waals surface area (Å²) in [4.78, 5) is 10.4. The molecule has 0 rings (SSSR count). The lowest BCUT2D eigenvalue weighted by atomic mass is 10.2. The number of aliphatic carboxylic acids is 1. The van der Waals surface area contributed by atoms with Crippen LogP contribution in [0.2, 0.25) is 0 Å². The first-order valence-electron chi connectivity index (χ1n) is 5.39. The molecule has 1 N–H and O–H groups in total. The molecule has 0 bridgehead atoms. The predicted octanol–water partition coefficient (Wildman–Crippen LogP) is 2.84. The van der Waals surface area contributed by atoms with E-state index in [9.17, 15) is 9.36 Å². The normalized spacial score (nSPS) is 13.2. The van der Waals surface area contributed by atoms with Gasteiger partial charge < -0.3 is 14.2 Å². The average Bonchev–Trinajstić information content (AvgIpc) is 2.16. The lowest BCUT2D eigenvalue weighted by Gasteiger charge is -2.14. The fraction of sp³-hybridized carbons (Fsp3) is 0.545. The summed E-state index contributed by atoms with van der Waals surface area (Å²) in [5, 5.41) is 8.50. The van der Waals surface area contributed by atoms with Gasteiger partial charge in [0.2, 0.25) is 0 Å². The molecular weight excluding hydrogens is 243 g/mol. The topological polar surface area (TPSA) is 72.8 Å². The van der Waals surface area contributed by atoms with Crippen molar-refractivity contribution < 1.29 is 23.5 Å². The van der Waals surface area contributed by atoms with E-state index in [1.165, 1.54) is 0 Å². The minimum absolute atomic E-state index is 0.138. The van der Waals surface area contributed by atoms with Crippen LogP contribution in [0.3, 0.4) is 0 Å².